The predicted octanol–water partition coefficient (Wildman–Crippen LogP) is 3.82. The highest BCUT2D eigenvalue weighted by molar-refractivity contribution is 5.78. The van der Waals surface area contributed by atoms with E-state index in [-0.39, 0.29) is 5.78 Å². The monoisotopic (exact) mass is 263 g/mol. The topological polar surface area (TPSA) is 50.2 Å². The minimum absolute atomic E-state index is 0.256. The zero-order valence-corrected chi connectivity index (χ0v) is 11.8. The van der Waals surface area contributed by atoms with Crippen molar-refractivity contribution in [3.63, 3.8) is 0 Å². The van der Waals surface area contributed by atoms with Crippen LogP contribution in [-0.2, 0) is 4.79 Å². The van der Waals surface area contributed by atoms with Gasteiger partial charge < -0.3 is 5.11 Å². The number of aliphatic hydroxyl groups is 1. The van der Waals surface area contributed by atoms with Gasteiger partial charge in [-0.1, -0.05) is 38.7 Å². The molecular weight excluding hydrogens is 238 g/mol. The van der Waals surface area contributed by atoms with Gasteiger partial charge in [0.15, 0.2) is 0 Å². The molecule has 106 valence electrons. The van der Waals surface area contributed by atoms with Crippen molar-refractivity contribution >= 4 is 5.78 Å². The van der Waals surface area contributed by atoms with Crippen LogP contribution < -0.4 is 0 Å². The van der Waals surface area contributed by atoms with Gasteiger partial charge in [-0.25, -0.2) is 0 Å². The largest absolute Gasteiger partial charge is 0.387 e. The minimum Gasteiger partial charge on any atom is -0.387 e. The number of ketones is 1. The van der Waals surface area contributed by atoms with E-state index in [2.05, 4.69) is 11.9 Å². The maximum absolute atomic E-state index is 11.7. The fraction of sp³-hybridized carbons (Fsp3) is 0.625. The summed E-state index contributed by atoms with van der Waals surface area (Å²) in [5, 5.41) is 9.90. The fourth-order valence-electron chi connectivity index (χ4n) is 2.07. The zero-order chi connectivity index (χ0) is 13.9. The number of hydrogen-bond donors (Lipinski definition) is 1. The molecule has 0 bridgehead atoms. The first-order valence-electron chi connectivity index (χ1n) is 7.34. The van der Waals surface area contributed by atoms with Gasteiger partial charge in [0.05, 0.1) is 11.8 Å². The molecule has 1 rings (SSSR count). The summed E-state index contributed by atoms with van der Waals surface area (Å²) in [6.07, 6.45) is 8.45. The summed E-state index contributed by atoms with van der Waals surface area (Å²) in [4.78, 5) is 15.8. The van der Waals surface area contributed by atoms with E-state index in [0.717, 1.165) is 12.8 Å². The van der Waals surface area contributed by atoms with Crippen molar-refractivity contribution in [2.24, 2.45) is 0 Å². The molecule has 3 heteroatoms. The van der Waals surface area contributed by atoms with Gasteiger partial charge in [0.25, 0.3) is 0 Å². The van der Waals surface area contributed by atoms with Crippen LogP contribution in [-0.4, -0.2) is 15.9 Å². The first kappa shape index (κ1) is 15.8. The zero-order valence-electron chi connectivity index (χ0n) is 11.8. The third kappa shape index (κ3) is 7.06. The van der Waals surface area contributed by atoms with E-state index in [1.54, 1.807) is 12.3 Å². The molecule has 3 nitrogen and oxygen atoms in total. The summed E-state index contributed by atoms with van der Waals surface area (Å²) < 4.78 is 0. The molecule has 0 fully saturated rings. The van der Waals surface area contributed by atoms with E-state index < -0.39 is 6.10 Å². The molecule has 0 aliphatic rings. The molecule has 19 heavy (non-hydrogen) atoms. The first-order valence-corrected chi connectivity index (χ1v) is 7.34. The van der Waals surface area contributed by atoms with Crippen LogP contribution in [0.4, 0.5) is 0 Å². The number of pyridine rings is 1. The number of nitrogens with zero attached hydrogens (tertiary/aromatic N) is 1. The van der Waals surface area contributed by atoms with Gasteiger partial charge in [-0.2, -0.15) is 0 Å². The van der Waals surface area contributed by atoms with Crippen LogP contribution >= 0.6 is 0 Å². The summed E-state index contributed by atoms with van der Waals surface area (Å²) in [6.45, 7) is 2.18. The second-order valence-corrected chi connectivity index (χ2v) is 5.01. The molecule has 0 radical (unpaired) electrons. The molecule has 1 heterocycles. The van der Waals surface area contributed by atoms with E-state index >= 15 is 0 Å². The summed E-state index contributed by atoms with van der Waals surface area (Å²) in [5.74, 6) is 0.256. The summed E-state index contributed by atoms with van der Waals surface area (Å²) in [6, 6.07) is 5.46. The van der Waals surface area contributed by atoms with Gasteiger partial charge in [0.2, 0.25) is 0 Å². The molecule has 0 aliphatic heterocycles. The van der Waals surface area contributed by atoms with Crippen LogP contribution in [0, 0.1) is 0 Å². The Bertz CT molecular complexity index is 351. The molecule has 0 amide bonds. The molecule has 1 aromatic heterocycles. The van der Waals surface area contributed by atoms with Gasteiger partial charge in [0.1, 0.15) is 5.78 Å². The van der Waals surface area contributed by atoms with Gasteiger partial charge >= 0.3 is 0 Å². The number of rotatable bonds is 10. The smallest absolute Gasteiger partial charge is 0.133 e. The Morgan fingerprint density at radius 1 is 1.21 bits per heavy atom. The molecule has 0 aliphatic carbocycles. The predicted molar refractivity (Wildman–Crippen MR) is 76.8 cm³/mol. The van der Waals surface area contributed by atoms with Crippen LogP contribution in [0.2, 0.25) is 0 Å². The quantitative estimate of drug-likeness (QED) is 0.653. The molecule has 1 N–H and O–H groups in total. The van der Waals surface area contributed by atoms with Gasteiger partial charge in [-0.05, 0) is 25.0 Å². The summed E-state index contributed by atoms with van der Waals surface area (Å²) in [7, 11) is 0. The molecule has 1 atom stereocenters. The van der Waals surface area contributed by atoms with Gasteiger partial charge in [-0.15, -0.1) is 0 Å². The van der Waals surface area contributed by atoms with Crippen LogP contribution in [0.5, 0.6) is 0 Å². The number of Topliss-reactive ketones (excluding diaryl/α,β-unsaturated/α-hetero) is 1. The molecular formula is C16H25NO2. The number of aliphatic hydroxyl groups excluding tert-OH is 1. The van der Waals surface area contributed by atoms with Crippen LogP contribution in [0.3, 0.4) is 0 Å². The summed E-state index contributed by atoms with van der Waals surface area (Å²) >= 11 is 0. The Morgan fingerprint density at radius 3 is 2.68 bits per heavy atom. The number of carbonyl (C=O) groups is 1. The van der Waals surface area contributed by atoms with E-state index in [1.165, 1.54) is 19.3 Å². The molecule has 0 spiro atoms. The number of unbranched alkanes of at least 4 members (excludes halogenated alkanes) is 4. The van der Waals surface area contributed by atoms with Crippen molar-refractivity contribution in [3.05, 3.63) is 30.1 Å². The van der Waals surface area contributed by atoms with Gasteiger partial charge in [-0.3, -0.25) is 9.78 Å². The van der Waals surface area contributed by atoms with Crippen LogP contribution in [0.25, 0.3) is 0 Å². The standard InChI is InChI=1S/C16H25NO2/c1-2-3-4-5-6-9-14(18)11-12-16(19)15-10-7-8-13-17-15/h7-8,10,13,16,19H,2-6,9,11-12H2,1H3. The normalized spacial score (nSPS) is 12.3. The lowest BCUT2D eigenvalue weighted by atomic mass is 10.0. The Morgan fingerprint density at radius 2 is 2.00 bits per heavy atom. The average molecular weight is 263 g/mol. The second-order valence-electron chi connectivity index (χ2n) is 5.01. The van der Waals surface area contributed by atoms with Gasteiger partial charge in [0, 0.05) is 19.0 Å². The van der Waals surface area contributed by atoms with Crippen LogP contribution in [0.1, 0.15) is 70.1 Å². The van der Waals surface area contributed by atoms with E-state index in [9.17, 15) is 9.90 Å². The third-order valence-electron chi connectivity index (χ3n) is 3.28. The average Bonchev–Trinajstić information content (AvgIpc) is 2.45. The minimum atomic E-state index is -0.620. The highest BCUT2D eigenvalue weighted by atomic mass is 16.3. The number of hydrogen-bond acceptors (Lipinski definition) is 3. The fourth-order valence-corrected chi connectivity index (χ4v) is 2.07. The van der Waals surface area contributed by atoms with E-state index in [1.807, 2.05) is 12.1 Å². The lowest BCUT2D eigenvalue weighted by Gasteiger charge is -2.09. The molecule has 0 aromatic carbocycles. The van der Waals surface area contributed by atoms with Crippen molar-refractivity contribution in [2.75, 3.05) is 0 Å². The second kappa shape index (κ2) is 9.68. The number of carbonyl (C=O) groups excluding carboxylic acids is 1. The van der Waals surface area contributed by atoms with Crippen molar-refractivity contribution in [1.29, 1.82) is 0 Å². The van der Waals surface area contributed by atoms with Crippen molar-refractivity contribution in [1.82, 2.24) is 4.98 Å². The van der Waals surface area contributed by atoms with Crippen molar-refractivity contribution < 1.29 is 9.90 Å². The highest BCUT2D eigenvalue weighted by Gasteiger charge is 2.11. The van der Waals surface area contributed by atoms with E-state index in [4.69, 9.17) is 0 Å². The van der Waals surface area contributed by atoms with Crippen LogP contribution in [0.15, 0.2) is 24.4 Å². The van der Waals surface area contributed by atoms with E-state index in [0.29, 0.717) is 25.0 Å². The maximum Gasteiger partial charge on any atom is 0.133 e. The SMILES string of the molecule is CCCCCCCC(=O)CCC(O)c1ccccn1. The summed E-state index contributed by atoms with van der Waals surface area (Å²) in [5.41, 5.74) is 0.651. The molecule has 0 saturated carbocycles. The third-order valence-corrected chi connectivity index (χ3v) is 3.28. The highest BCUT2D eigenvalue weighted by Crippen LogP contribution is 2.16. The Kier molecular flexibility index (Phi) is 8.07. The Balaban J connectivity index is 2.13. The molecule has 1 aromatic rings. The van der Waals surface area contributed by atoms with Crippen molar-refractivity contribution in [2.45, 2.75) is 64.4 Å². The molecule has 1 unspecified atom stereocenters. The lowest BCUT2D eigenvalue weighted by Crippen LogP contribution is -2.04. The maximum atomic E-state index is 11.7. The Hall–Kier alpha value is -1.22. The van der Waals surface area contributed by atoms with Crippen molar-refractivity contribution in [3.8, 4) is 0 Å². The Labute approximate surface area is 116 Å². The number of aromatic nitrogens is 1. The molecule has 0 saturated heterocycles. The lowest BCUT2D eigenvalue weighted by molar-refractivity contribution is -0.119. The first-order chi connectivity index (χ1) is 9.24.